The molecule has 1 aliphatic rings. The van der Waals surface area contributed by atoms with Gasteiger partial charge in [0.25, 0.3) is 0 Å². The first-order valence-corrected chi connectivity index (χ1v) is 6.50. The molecular formula is C13H25Li. The van der Waals surface area contributed by atoms with Gasteiger partial charge in [-0.2, -0.15) is 0 Å². The third-order valence-corrected chi connectivity index (χ3v) is 3.94. The summed E-state index contributed by atoms with van der Waals surface area (Å²) in [6.45, 7) is 9.45. The minimum absolute atomic E-state index is 0.889. The Hall–Kier alpha value is 0.597. The van der Waals surface area contributed by atoms with Crippen molar-refractivity contribution >= 4 is 17.7 Å². The minimum atomic E-state index is 0.889. The molecule has 0 amide bonds. The molecule has 0 N–H and O–H groups in total. The zero-order chi connectivity index (χ0) is 10.7. The fourth-order valence-electron chi connectivity index (χ4n) is 3.21. The molecule has 1 aliphatic carbocycles. The first-order valence-electron chi connectivity index (χ1n) is 6.50. The molecule has 0 aromatic carbocycles. The molecule has 0 radical (unpaired) electrons. The molecule has 0 heterocycles. The Morgan fingerprint density at radius 3 is 1.57 bits per heavy atom. The van der Waals surface area contributed by atoms with Gasteiger partial charge in [-0.1, -0.05) is 0 Å². The van der Waals surface area contributed by atoms with E-state index in [1.54, 1.807) is 0 Å². The monoisotopic (exact) mass is 188 g/mol. The Balaban J connectivity index is 2.38. The van der Waals surface area contributed by atoms with Crippen LogP contribution >= 0.6 is 0 Å². The first kappa shape index (κ1) is 12.7. The van der Waals surface area contributed by atoms with Gasteiger partial charge in [0.2, 0.25) is 0 Å². The molecule has 1 saturated carbocycles. The van der Waals surface area contributed by atoms with Gasteiger partial charge in [-0.05, 0) is 0 Å². The molecule has 1 fully saturated rings. The van der Waals surface area contributed by atoms with Crippen molar-refractivity contribution in [1.82, 2.24) is 0 Å². The van der Waals surface area contributed by atoms with Crippen LogP contribution < -0.4 is 0 Å². The molecule has 0 aliphatic heterocycles. The van der Waals surface area contributed by atoms with Crippen LogP contribution in [0.2, 0.25) is 4.59 Å². The second-order valence-electron chi connectivity index (χ2n) is 6.22. The predicted molar refractivity (Wildman–Crippen MR) is 64.6 cm³/mol. The maximum absolute atomic E-state index is 2.49. The normalized spacial score (nSPS) is 33.3. The standard InChI is InChI=1S/C13H25.Li/c1-10(2)7-12-5-6-13(9-12)8-11(3)4;/h9-13H,5-8H2,1-4H3;. The zero-order valence-corrected chi connectivity index (χ0v) is 10.7. The quantitative estimate of drug-likeness (QED) is 0.583. The molecular weight excluding hydrogens is 163 g/mol. The van der Waals surface area contributed by atoms with Crippen molar-refractivity contribution in [2.75, 3.05) is 0 Å². The van der Waals surface area contributed by atoms with Gasteiger partial charge in [0.05, 0.1) is 0 Å². The van der Waals surface area contributed by atoms with Crippen molar-refractivity contribution in [2.45, 2.75) is 58.0 Å². The summed E-state index contributed by atoms with van der Waals surface area (Å²) in [5.41, 5.74) is 0. The molecule has 0 aromatic heterocycles. The van der Waals surface area contributed by atoms with E-state index in [1.807, 2.05) is 0 Å². The van der Waals surface area contributed by atoms with Crippen LogP contribution in [0.25, 0.3) is 0 Å². The van der Waals surface area contributed by atoms with Crippen LogP contribution in [-0.4, -0.2) is 17.7 Å². The van der Waals surface area contributed by atoms with Crippen molar-refractivity contribution < 1.29 is 0 Å². The summed E-state index contributed by atoms with van der Waals surface area (Å²) in [5, 5.41) is 0. The second-order valence-corrected chi connectivity index (χ2v) is 6.22. The van der Waals surface area contributed by atoms with Gasteiger partial charge in [0, 0.05) is 0 Å². The number of hydrogen-bond donors (Lipinski definition) is 0. The fraction of sp³-hybridized carbons (Fsp3) is 1.00. The van der Waals surface area contributed by atoms with Crippen LogP contribution in [0.15, 0.2) is 0 Å². The average Bonchev–Trinajstić information content (AvgIpc) is 2.34. The van der Waals surface area contributed by atoms with E-state index < -0.39 is 0 Å². The van der Waals surface area contributed by atoms with Crippen LogP contribution in [-0.2, 0) is 0 Å². The molecule has 1 heteroatoms. The maximum atomic E-state index is 2.49. The summed E-state index contributed by atoms with van der Waals surface area (Å²) >= 11 is 2.49. The summed E-state index contributed by atoms with van der Waals surface area (Å²) in [6.07, 6.45) is 5.90. The molecule has 0 bridgehead atoms. The van der Waals surface area contributed by atoms with E-state index in [0.717, 1.165) is 28.3 Å². The van der Waals surface area contributed by atoms with E-state index >= 15 is 0 Å². The Labute approximate surface area is 99.4 Å². The SMILES string of the molecule is [Li][CH]1C(CC(C)C)CCC1CC(C)C. The molecule has 78 valence electrons. The van der Waals surface area contributed by atoms with Gasteiger partial charge in [-0.15, -0.1) is 0 Å². The molecule has 0 nitrogen and oxygen atoms in total. The van der Waals surface area contributed by atoms with Crippen LogP contribution in [0.3, 0.4) is 0 Å². The number of hydrogen-bond acceptors (Lipinski definition) is 0. The van der Waals surface area contributed by atoms with Gasteiger partial charge >= 0.3 is 99.4 Å². The van der Waals surface area contributed by atoms with Crippen molar-refractivity contribution in [1.29, 1.82) is 0 Å². The summed E-state index contributed by atoms with van der Waals surface area (Å²) in [4.78, 5) is 0. The van der Waals surface area contributed by atoms with Gasteiger partial charge in [-0.3, -0.25) is 0 Å². The Morgan fingerprint density at radius 1 is 0.929 bits per heavy atom. The molecule has 1 rings (SSSR count). The van der Waals surface area contributed by atoms with E-state index in [9.17, 15) is 0 Å². The second kappa shape index (κ2) is 5.62. The van der Waals surface area contributed by atoms with E-state index in [-0.39, 0.29) is 0 Å². The van der Waals surface area contributed by atoms with Crippen molar-refractivity contribution in [3.05, 3.63) is 0 Å². The summed E-state index contributed by atoms with van der Waals surface area (Å²) in [5.74, 6) is 3.83. The van der Waals surface area contributed by atoms with E-state index in [1.165, 1.54) is 25.7 Å². The molecule has 0 aromatic rings. The summed E-state index contributed by atoms with van der Waals surface area (Å²) in [7, 11) is 0. The topological polar surface area (TPSA) is 0 Å². The van der Waals surface area contributed by atoms with Crippen LogP contribution in [0, 0.1) is 23.7 Å². The number of rotatable bonds is 4. The first-order chi connectivity index (χ1) is 6.50. The molecule has 2 unspecified atom stereocenters. The third kappa shape index (κ3) is 3.63. The predicted octanol–water partition coefficient (Wildman–Crippen LogP) is 4.06. The van der Waals surface area contributed by atoms with Crippen LogP contribution in [0.5, 0.6) is 0 Å². The third-order valence-electron chi connectivity index (χ3n) is 3.94. The average molecular weight is 188 g/mol. The van der Waals surface area contributed by atoms with Crippen molar-refractivity contribution in [2.24, 2.45) is 23.7 Å². The van der Waals surface area contributed by atoms with Crippen LogP contribution in [0.1, 0.15) is 53.4 Å². The van der Waals surface area contributed by atoms with Gasteiger partial charge in [0.15, 0.2) is 0 Å². The molecule has 2 atom stereocenters. The van der Waals surface area contributed by atoms with Gasteiger partial charge < -0.3 is 0 Å². The fourth-order valence-corrected chi connectivity index (χ4v) is 3.21. The van der Waals surface area contributed by atoms with E-state index in [0.29, 0.717) is 0 Å². The Kier molecular flexibility index (Phi) is 5.08. The molecule has 0 spiro atoms. The van der Waals surface area contributed by atoms with E-state index in [4.69, 9.17) is 0 Å². The molecule has 0 saturated heterocycles. The summed E-state index contributed by atoms with van der Waals surface area (Å²) in [6, 6.07) is 0. The van der Waals surface area contributed by atoms with Gasteiger partial charge in [0.1, 0.15) is 0 Å². The van der Waals surface area contributed by atoms with Crippen molar-refractivity contribution in [3.63, 3.8) is 0 Å². The Morgan fingerprint density at radius 2 is 1.29 bits per heavy atom. The van der Waals surface area contributed by atoms with Gasteiger partial charge in [-0.25, -0.2) is 0 Å². The van der Waals surface area contributed by atoms with E-state index in [2.05, 4.69) is 45.4 Å². The summed E-state index contributed by atoms with van der Waals surface area (Å²) < 4.78 is 0.986. The Bertz CT molecular complexity index is 145. The van der Waals surface area contributed by atoms with Crippen molar-refractivity contribution in [3.8, 4) is 0 Å². The zero-order valence-electron chi connectivity index (χ0n) is 10.7. The molecule has 14 heavy (non-hydrogen) atoms. The van der Waals surface area contributed by atoms with Crippen LogP contribution in [0.4, 0.5) is 0 Å².